The van der Waals surface area contributed by atoms with Gasteiger partial charge in [0.05, 0.1) is 5.56 Å². The van der Waals surface area contributed by atoms with Gasteiger partial charge in [-0.3, -0.25) is 24.5 Å². The third-order valence-corrected chi connectivity index (χ3v) is 5.95. The molecule has 0 saturated carbocycles. The first-order chi connectivity index (χ1) is 15.5. The smallest absolute Gasteiger partial charge is 0.259 e. The highest BCUT2D eigenvalue weighted by molar-refractivity contribution is 6.08. The van der Waals surface area contributed by atoms with Crippen molar-refractivity contribution < 1.29 is 23.9 Å². The first kappa shape index (κ1) is 20.2. The number of para-hydroxylation sites is 1. The molecule has 32 heavy (non-hydrogen) atoms. The van der Waals surface area contributed by atoms with Crippen molar-refractivity contribution in [2.45, 2.75) is 31.5 Å². The van der Waals surface area contributed by atoms with Crippen LogP contribution in [0, 0.1) is 0 Å². The number of piperidine rings is 1. The summed E-state index contributed by atoms with van der Waals surface area (Å²) in [5, 5.41) is 8.30. The van der Waals surface area contributed by atoms with Crippen LogP contribution in [0.25, 0.3) is 0 Å². The number of carbonyl (C=O) groups excluding carboxylic acids is 4. The van der Waals surface area contributed by atoms with Crippen molar-refractivity contribution >= 4 is 29.3 Å². The molecule has 0 aromatic heterocycles. The molecule has 4 amide bonds. The Labute approximate surface area is 184 Å². The van der Waals surface area contributed by atoms with E-state index in [2.05, 4.69) is 16.0 Å². The maximum absolute atomic E-state index is 12.9. The molecule has 3 N–H and O–H groups in total. The topological polar surface area (TPSA) is 117 Å². The monoisotopic (exact) mass is 434 g/mol. The van der Waals surface area contributed by atoms with Crippen LogP contribution < -0.4 is 20.7 Å². The van der Waals surface area contributed by atoms with Crippen molar-refractivity contribution in [2.75, 3.05) is 18.4 Å². The number of hydrogen-bond acceptors (Lipinski definition) is 6. The van der Waals surface area contributed by atoms with Crippen molar-refractivity contribution in [3.8, 4) is 5.75 Å². The molecular formula is C23H22N4O5. The molecule has 9 nitrogen and oxygen atoms in total. The number of ether oxygens (including phenoxy) is 1. The van der Waals surface area contributed by atoms with Crippen LogP contribution in [0.1, 0.15) is 39.1 Å². The van der Waals surface area contributed by atoms with E-state index in [4.69, 9.17) is 4.74 Å². The van der Waals surface area contributed by atoms with Crippen LogP contribution in [0.3, 0.4) is 0 Å². The fourth-order valence-corrected chi connectivity index (χ4v) is 4.13. The molecule has 0 bridgehead atoms. The lowest BCUT2D eigenvalue weighted by Crippen LogP contribution is -2.52. The van der Waals surface area contributed by atoms with E-state index in [0.717, 1.165) is 18.7 Å². The number of nitrogens with zero attached hydrogens (tertiary/aromatic N) is 1. The van der Waals surface area contributed by atoms with Crippen molar-refractivity contribution in [1.82, 2.24) is 15.5 Å². The lowest BCUT2D eigenvalue weighted by atomic mass is 10.0. The number of carbonyl (C=O) groups is 4. The first-order valence-corrected chi connectivity index (χ1v) is 10.5. The summed E-state index contributed by atoms with van der Waals surface area (Å²) in [6, 6.07) is 11.5. The van der Waals surface area contributed by atoms with Gasteiger partial charge in [-0.2, -0.15) is 0 Å². The van der Waals surface area contributed by atoms with Gasteiger partial charge in [-0.1, -0.05) is 12.1 Å². The molecule has 3 aliphatic heterocycles. The molecule has 1 atom stereocenters. The van der Waals surface area contributed by atoms with Crippen LogP contribution in [0.15, 0.2) is 42.5 Å². The highest BCUT2D eigenvalue weighted by Gasteiger charge is 2.39. The summed E-state index contributed by atoms with van der Waals surface area (Å²) < 4.78 is 5.89. The molecule has 2 saturated heterocycles. The van der Waals surface area contributed by atoms with Crippen LogP contribution in [-0.2, 0) is 16.1 Å². The van der Waals surface area contributed by atoms with E-state index in [-0.39, 0.29) is 36.8 Å². The Morgan fingerprint density at radius 1 is 1.09 bits per heavy atom. The van der Waals surface area contributed by atoms with E-state index in [1.165, 1.54) is 4.90 Å². The maximum atomic E-state index is 12.9. The minimum absolute atomic E-state index is 0.0493. The Hall–Kier alpha value is -3.72. The number of rotatable bonds is 5. The van der Waals surface area contributed by atoms with Crippen molar-refractivity contribution in [3.63, 3.8) is 0 Å². The van der Waals surface area contributed by atoms with Gasteiger partial charge in [0.2, 0.25) is 11.8 Å². The normalized spacial score (nSPS) is 20.4. The number of hydrogen-bond donors (Lipinski definition) is 3. The van der Waals surface area contributed by atoms with Crippen LogP contribution in [0.4, 0.5) is 5.69 Å². The standard InChI is InChI=1S/C23H22N4O5/c28-20-8-7-18(22(30)26-20)27-12-13-9-14(5-6-16(13)23(27)31)25-21(29)17-3-1-2-4-19(17)32-15-10-24-11-15/h1-6,9,15,18,24H,7-8,10-12H2,(H,25,29)(H,26,28,30). The summed E-state index contributed by atoms with van der Waals surface area (Å²) in [7, 11) is 0. The zero-order chi connectivity index (χ0) is 22.2. The molecular weight excluding hydrogens is 412 g/mol. The van der Waals surface area contributed by atoms with Gasteiger partial charge in [0.25, 0.3) is 11.8 Å². The zero-order valence-electron chi connectivity index (χ0n) is 17.2. The summed E-state index contributed by atoms with van der Waals surface area (Å²) in [6.45, 7) is 1.75. The minimum atomic E-state index is -0.671. The number of benzene rings is 2. The maximum Gasteiger partial charge on any atom is 0.259 e. The van der Waals surface area contributed by atoms with Gasteiger partial charge in [0, 0.05) is 37.3 Å². The van der Waals surface area contributed by atoms with E-state index in [9.17, 15) is 19.2 Å². The van der Waals surface area contributed by atoms with Crippen LogP contribution >= 0.6 is 0 Å². The van der Waals surface area contributed by atoms with Crippen molar-refractivity contribution in [1.29, 1.82) is 0 Å². The SMILES string of the molecule is O=C1CCC(N2Cc3cc(NC(=O)c4ccccc4OC4CNC4)ccc3C2=O)C(=O)N1. The second-order valence-corrected chi connectivity index (χ2v) is 8.12. The highest BCUT2D eigenvalue weighted by Crippen LogP contribution is 2.30. The fraction of sp³-hybridized carbons (Fsp3) is 0.304. The van der Waals surface area contributed by atoms with Gasteiger partial charge in [-0.25, -0.2) is 0 Å². The Balaban J connectivity index is 1.31. The Morgan fingerprint density at radius 3 is 2.66 bits per heavy atom. The fourth-order valence-electron chi connectivity index (χ4n) is 4.13. The van der Waals surface area contributed by atoms with Gasteiger partial charge in [-0.15, -0.1) is 0 Å². The predicted octanol–water partition coefficient (Wildman–Crippen LogP) is 1.05. The Morgan fingerprint density at radius 2 is 1.91 bits per heavy atom. The van der Waals surface area contributed by atoms with Crippen molar-refractivity contribution in [2.24, 2.45) is 0 Å². The minimum Gasteiger partial charge on any atom is -0.487 e. The average molecular weight is 434 g/mol. The molecule has 2 aromatic rings. The number of imide groups is 1. The average Bonchev–Trinajstić information content (AvgIpc) is 3.06. The number of anilines is 1. The predicted molar refractivity (Wildman–Crippen MR) is 114 cm³/mol. The van der Waals surface area contributed by atoms with Crippen LogP contribution in [0.5, 0.6) is 5.75 Å². The van der Waals surface area contributed by atoms with E-state index >= 15 is 0 Å². The Bertz CT molecular complexity index is 1130. The Kier molecular flexibility index (Phi) is 5.10. The lowest BCUT2D eigenvalue weighted by molar-refractivity contribution is -0.136. The zero-order valence-corrected chi connectivity index (χ0v) is 17.2. The number of nitrogens with one attached hydrogen (secondary N) is 3. The molecule has 3 aliphatic rings. The van der Waals surface area contributed by atoms with Gasteiger partial charge < -0.3 is 20.3 Å². The van der Waals surface area contributed by atoms with Gasteiger partial charge in [-0.05, 0) is 42.3 Å². The lowest BCUT2D eigenvalue weighted by Gasteiger charge is -2.29. The van der Waals surface area contributed by atoms with Gasteiger partial charge in [0.15, 0.2) is 0 Å². The molecule has 2 fully saturated rings. The molecule has 2 aromatic carbocycles. The van der Waals surface area contributed by atoms with E-state index < -0.39 is 11.9 Å². The van der Waals surface area contributed by atoms with Gasteiger partial charge >= 0.3 is 0 Å². The second kappa shape index (κ2) is 8.08. The molecule has 1 unspecified atom stereocenters. The summed E-state index contributed by atoms with van der Waals surface area (Å²) in [4.78, 5) is 50.8. The second-order valence-electron chi connectivity index (χ2n) is 8.12. The highest BCUT2D eigenvalue weighted by atomic mass is 16.5. The van der Waals surface area contributed by atoms with Crippen LogP contribution in [0.2, 0.25) is 0 Å². The third-order valence-electron chi connectivity index (χ3n) is 5.95. The summed E-state index contributed by atoms with van der Waals surface area (Å²) in [5.74, 6) is -0.802. The molecule has 5 rings (SSSR count). The molecule has 0 aliphatic carbocycles. The van der Waals surface area contributed by atoms with E-state index in [1.54, 1.807) is 36.4 Å². The largest absolute Gasteiger partial charge is 0.487 e. The summed E-state index contributed by atoms with van der Waals surface area (Å²) in [6.07, 6.45) is 0.561. The number of fused-ring (bicyclic) bond motifs is 1. The molecule has 3 heterocycles. The van der Waals surface area contributed by atoms with Gasteiger partial charge in [0.1, 0.15) is 17.9 Å². The quantitative estimate of drug-likeness (QED) is 0.606. The van der Waals surface area contributed by atoms with E-state index in [1.807, 2.05) is 6.07 Å². The molecule has 0 radical (unpaired) electrons. The number of amides is 4. The van der Waals surface area contributed by atoms with E-state index in [0.29, 0.717) is 29.0 Å². The third kappa shape index (κ3) is 3.71. The molecule has 9 heteroatoms. The first-order valence-electron chi connectivity index (χ1n) is 10.5. The van der Waals surface area contributed by atoms with Crippen molar-refractivity contribution in [3.05, 3.63) is 59.2 Å². The van der Waals surface area contributed by atoms with Crippen LogP contribution in [-0.4, -0.2) is 53.8 Å². The molecule has 0 spiro atoms. The molecule has 164 valence electrons. The summed E-state index contributed by atoms with van der Waals surface area (Å²) in [5.41, 5.74) is 2.20. The summed E-state index contributed by atoms with van der Waals surface area (Å²) >= 11 is 0.